The molecular weight excluding hydrogens is 1830 g/mol. The van der Waals surface area contributed by atoms with Crippen LogP contribution in [-0.2, 0) is 66.7 Å². The van der Waals surface area contributed by atoms with Crippen LogP contribution < -0.4 is 0 Å². The molecule has 0 fully saturated rings. The van der Waals surface area contributed by atoms with Crippen molar-refractivity contribution in [1.29, 1.82) is 0 Å². The minimum absolute atomic E-state index is 0.0611. The maximum atomic E-state index is 13.4. The zero-order valence-electron chi connectivity index (χ0n) is 101. The lowest BCUT2D eigenvalue weighted by molar-refractivity contribution is -0.171. The van der Waals surface area contributed by atoms with Gasteiger partial charge in [-0.1, -0.05) is 678 Å². The zero-order chi connectivity index (χ0) is 108. The van der Waals surface area contributed by atoms with E-state index in [0.717, 1.165) is 135 Å². The van der Waals surface area contributed by atoms with Crippen LogP contribution in [0.2, 0.25) is 0 Å². The number of esters is 7. The number of unbranched alkanes of at least 4 members (excludes halogenated alkanes) is 98. The number of rotatable bonds is 125. The lowest BCUT2D eigenvalue weighted by atomic mass is 9.92. The Morgan fingerprint density at radius 1 is 0.128 bits per heavy atom. The fraction of sp³-hybridized carbons (Fsp3) is 0.948. The van der Waals surface area contributed by atoms with Crippen molar-refractivity contribution in [2.24, 2.45) is 5.41 Å². The average molecular weight is 2090 g/mol. The second kappa shape index (κ2) is 127. The molecule has 14 nitrogen and oxygen atoms in total. The third-order valence-electron chi connectivity index (χ3n) is 31.2. The van der Waals surface area contributed by atoms with Crippen LogP contribution in [0.15, 0.2) is 0 Å². The molecule has 0 saturated carbocycles. The van der Waals surface area contributed by atoms with E-state index in [-0.39, 0.29) is 81.4 Å². The van der Waals surface area contributed by atoms with E-state index in [4.69, 9.17) is 33.2 Å². The molecule has 0 spiro atoms. The first-order valence-corrected chi connectivity index (χ1v) is 67.0. The van der Waals surface area contributed by atoms with Gasteiger partial charge in [0, 0.05) is 44.9 Å². The lowest BCUT2D eigenvalue weighted by Gasteiger charge is -2.31. The molecule has 0 aliphatic heterocycles. The number of hydrogen-bond acceptors (Lipinski definition) is 14. The van der Waals surface area contributed by atoms with E-state index >= 15 is 0 Å². The van der Waals surface area contributed by atoms with Gasteiger partial charge < -0.3 is 33.2 Å². The molecule has 0 aromatic heterocycles. The molecule has 148 heavy (non-hydrogen) atoms. The smallest absolute Gasteiger partial charge is 0.306 e. The Morgan fingerprint density at radius 2 is 0.223 bits per heavy atom. The SMILES string of the molecule is CCCCCCCCCCCCCCCCCC(=O)OCC(COC(=O)CCCCCCCCCCCCCCCCC)(COC(=O)CCCCCCCCCCCCCCCCC)COC(=O)CCCCCCCCCCCCCCCCC.CCCCCCCCCCCCCCCCCC(=O)OCC(COC(=O)CCCCCCCCCCCCCCCCC)OC(=O)CCCCCCCCCCCCCCCCC. The number of ether oxygens (including phenoxy) is 7. The highest BCUT2D eigenvalue weighted by Crippen LogP contribution is 2.28. The fourth-order valence-corrected chi connectivity index (χ4v) is 20.8. The van der Waals surface area contributed by atoms with E-state index in [1.54, 1.807) is 0 Å². The van der Waals surface area contributed by atoms with Crippen LogP contribution in [-0.4, -0.2) is 87.5 Å². The monoisotopic (exact) mass is 2090 g/mol. The maximum absolute atomic E-state index is 13.4. The van der Waals surface area contributed by atoms with Crippen LogP contribution >= 0.6 is 0 Å². The molecule has 0 bridgehead atoms. The second-order valence-electron chi connectivity index (χ2n) is 46.5. The molecule has 0 N–H and O–H groups in total. The highest BCUT2D eigenvalue weighted by molar-refractivity contribution is 5.72. The minimum Gasteiger partial charge on any atom is -0.465 e. The van der Waals surface area contributed by atoms with Gasteiger partial charge >= 0.3 is 41.8 Å². The van der Waals surface area contributed by atoms with E-state index in [0.29, 0.717) is 44.9 Å². The molecule has 0 aromatic rings. The first-order valence-electron chi connectivity index (χ1n) is 67.0. The van der Waals surface area contributed by atoms with E-state index in [1.807, 2.05) is 0 Å². The Hall–Kier alpha value is -3.71. The molecule has 0 heterocycles. The van der Waals surface area contributed by atoms with Crippen LogP contribution in [0.4, 0.5) is 0 Å². The van der Waals surface area contributed by atoms with Gasteiger partial charge in [-0.3, -0.25) is 33.6 Å². The zero-order valence-corrected chi connectivity index (χ0v) is 101. The van der Waals surface area contributed by atoms with Gasteiger partial charge in [0.15, 0.2) is 6.10 Å². The summed E-state index contributed by atoms with van der Waals surface area (Å²) in [5.41, 5.74) is -1.20. The molecule has 0 saturated heterocycles. The number of carbonyl (C=O) groups is 7. The van der Waals surface area contributed by atoms with Crippen LogP contribution in [0.5, 0.6) is 0 Å². The third-order valence-corrected chi connectivity index (χ3v) is 31.2. The highest BCUT2D eigenvalue weighted by Gasteiger charge is 2.38. The number of carbonyl (C=O) groups excluding carboxylic acids is 7. The molecule has 0 aliphatic rings. The van der Waals surface area contributed by atoms with Gasteiger partial charge in [-0.15, -0.1) is 0 Å². The van der Waals surface area contributed by atoms with Crippen molar-refractivity contribution < 1.29 is 66.7 Å². The lowest BCUT2D eigenvalue weighted by Crippen LogP contribution is -2.44. The fourth-order valence-electron chi connectivity index (χ4n) is 20.8. The first-order chi connectivity index (χ1) is 72.8. The third kappa shape index (κ3) is 121. The second-order valence-corrected chi connectivity index (χ2v) is 46.5. The van der Waals surface area contributed by atoms with Crippen LogP contribution in [0, 0.1) is 5.41 Å². The summed E-state index contributed by atoms with van der Waals surface area (Å²) in [6.45, 7) is 15.2. The van der Waals surface area contributed by atoms with Crippen molar-refractivity contribution in [2.75, 3.05) is 39.6 Å². The summed E-state index contributed by atoms with van der Waals surface area (Å²) in [4.78, 5) is 91.7. The maximum Gasteiger partial charge on any atom is 0.306 e. The molecule has 878 valence electrons. The van der Waals surface area contributed by atoms with Gasteiger partial charge in [-0.2, -0.15) is 0 Å². The van der Waals surface area contributed by atoms with E-state index in [2.05, 4.69) is 48.5 Å². The number of hydrogen-bond donors (Lipinski definition) is 0. The quantitative estimate of drug-likeness (QED) is 0.0318. The van der Waals surface area contributed by atoms with Crippen molar-refractivity contribution in [3.8, 4) is 0 Å². The molecule has 0 aliphatic carbocycles. The predicted molar refractivity (Wildman–Crippen MR) is 635 cm³/mol. The Labute approximate surface area is 921 Å². The molecular formula is C134H258O14. The molecule has 0 radical (unpaired) electrons. The summed E-state index contributed by atoms with van der Waals surface area (Å²) in [5.74, 6) is -2.12. The van der Waals surface area contributed by atoms with Gasteiger partial charge in [0.25, 0.3) is 0 Å². The molecule has 0 rings (SSSR count). The topological polar surface area (TPSA) is 184 Å². The normalized spacial score (nSPS) is 11.5. The van der Waals surface area contributed by atoms with Crippen molar-refractivity contribution in [2.45, 2.75) is 774 Å². The van der Waals surface area contributed by atoms with Crippen molar-refractivity contribution in [1.82, 2.24) is 0 Å². The Balaban J connectivity index is 0. The molecule has 0 unspecified atom stereocenters. The highest BCUT2D eigenvalue weighted by atomic mass is 16.6. The Bertz CT molecular complexity index is 2410. The van der Waals surface area contributed by atoms with E-state index in [1.165, 1.54) is 539 Å². The summed E-state index contributed by atoms with van der Waals surface area (Å²) >= 11 is 0. The summed E-state index contributed by atoms with van der Waals surface area (Å²) < 4.78 is 40.8. The largest absolute Gasteiger partial charge is 0.465 e. The Kier molecular flexibility index (Phi) is 125. The van der Waals surface area contributed by atoms with Gasteiger partial charge in [-0.25, -0.2) is 0 Å². The van der Waals surface area contributed by atoms with Crippen molar-refractivity contribution in [3.05, 3.63) is 0 Å². The van der Waals surface area contributed by atoms with Crippen molar-refractivity contribution in [3.63, 3.8) is 0 Å². The van der Waals surface area contributed by atoms with Gasteiger partial charge in [0.2, 0.25) is 0 Å². The molecule has 0 aromatic carbocycles. The first kappa shape index (κ1) is 146. The van der Waals surface area contributed by atoms with Crippen LogP contribution in [0.1, 0.15) is 768 Å². The summed E-state index contributed by atoms with van der Waals surface area (Å²) in [5, 5.41) is 0. The molecule has 0 atom stereocenters. The average Bonchev–Trinajstić information content (AvgIpc) is 0.849. The van der Waals surface area contributed by atoms with Gasteiger partial charge in [0.05, 0.1) is 0 Å². The van der Waals surface area contributed by atoms with Gasteiger partial charge in [-0.05, 0) is 44.9 Å². The predicted octanol–water partition coefficient (Wildman–Crippen LogP) is 44.0. The summed E-state index contributed by atoms with van der Waals surface area (Å²) in [6, 6.07) is 0. The Morgan fingerprint density at radius 3 is 0.338 bits per heavy atom. The standard InChI is InChI=1S/C77H148O8.C57H110O6/c1-5-9-13-17-21-25-29-33-37-41-45-49-53-57-61-65-73(78)82-69-77(70-83-74(79)66-62-58-54-50-46-42-38-34-30-26-22-18-14-10-6-2,71-84-75(80)67-63-59-55-51-47-43-39-35-31-27-23-19-15-11-7-3)72-85-76(81)68-64-60-56-52-48-44-40-36-32-28-24-20-16-12-8-4;1-4-7-10-13-16-19-22-25-28-31-34-37-40-43-46-49-55(58)61-52-54(63-57(60)51-48-45-42-39-36-33-30-27-24-21-18-15-12-9-6-3)53-62-56(59)50-47-44-41-38-35-32-29-26-23-20-17-14-11-8-5-2/h5-72H2,1-4H3;54H,4-53H2,1-3H3. The minimum atomic E-state index is -1.20. The summed E-state index contributed by atoms with van der Waals surface area (Å²) in [7, 11) is 0. The van der Waals surface area contributed by atoms with Crippen LogP contribution in [0.3, 0.4) is 0 Å². The van der Waals surface area contributed by atoms with Gasteiger partial charge in [0.1, 0.15) is 45.1 Å². The molecule has 0 amide bonds. The molecule has 14 heteroatoms. The van der Waals surface area contributed by atoms with E-state index < -0.39 is 11.5 Å². The van der Waals surface area contributed by atoms with Crippen molar-refractivity contribution >= 4 is 41.8 Å². The van der Waals surface area contributed by atoms with E-state index in [9.17, 15) is 33.6 Å². The van der Waals surface area contributed by atoms with Crippen LogP contribution in [0.25, 0.3) is 0 Å². The summed E-state index contributed by atoms with van der Waals surface area (Å²) in [6.07, 6.45) is 134.